The summed E-state index contributed by atoms with van der Waals surface area (Å²) in [5, 5.41) is 0. The fourth-order valence-electron chi connectivity index (χ4n) is 5.76. The second-order valence-electron chi connectivity index (χ2n) is 11.3. The average Bonchev–Trinajstić information content (AvgIpc) is 3.80. The fraction of sp³-hybridized carbons (Fsp3) is 0.188. The Morgan fingerprint density at radius 3 is 1.76 bits per heavy atom. The molecule has 2 aliphatic rings. The van der Waals surface area contributed by atoms with E-state index < -0.39 is 0 Å². The van der Waals surface area contributed by atoms with Crippen LogP contribution in [0, 0.1) is 13.1 Å². The molecule has 16 nitrogen and oxygen atoms in total. The molecule has 50 heavy (non-hydrogen) atoms. The summed E-state index contributed by atoms with van der Waals surface area (Å²) >= 11 is 6.74. The van der Waals surface area contributed by atoms with E-state index in [-0.39, 0.29) is 47.2 Å². The molecule has 2 amide bonds. The van der Waals surface area contributed by atoms with Crippen molar-refractivity contribution in [2.24, 2.45) is 0 Å². The topological polar surface area (TPSA) is 155 Å². The van der Waals surface area contributed by atoms with Gasteiger partial charge in [-0.05, 0) is 43.0 Å². The van der Waals surface area contributed by atoms with E-state index in [1.807, 2.05) is 24.3 Å². The number of amides is 2. The molecule has 6 heterocycles. The molecule has 8 rings (SSSR count). The maximum atomic E-state index is 12.9. The van der Waals surface area contributed by atoms with E-state index in [4.69, 9.17) is 13.1 Å². The second-order valence-corrected chi connectivity index (χ2v) is 12.7. The number of halogens is 2. The lowest BCUT2D eigenvalue weighted by atomic mass is 10.2. The Labute approximate surface area is 298 Å². The molecule has 0 spiro atoms. The van der Waals surface area contributed by atoms with E-state index in [1.54, 1.807) is 47.5 Å². The Morgan fingerprint density at radius 2 is 1.18 bits per heavy atom. The SMILES string of the molecule is [C-]#[N+]c1ccccc1Cn1c(Br)nc2c(=O)n3c(nc21)N(C)C(=O)C3.[C-]#[N+]c1ccccc1Cn1c(Br)nc2nc3n(c(=O)c21)CC(=O)N3C. The first-order valence-electron chi connectivity index (χ1n) is 14.8. The van der Waals surface area contributed by atoms with Crippen molar-refractivity contribution >= 4 is 89.3 Å². The second kappa shape index (κ2) is 12.5. The zero-order chi connectivity index (χ0) is 35.4. The fourth-order valence-corrected chi connectivity index (χ4v) is 6.70. The first-order valence-corrected chi connectivity index (χ1v) is 16.4. The number of hydrogen-bond acceptors (Lipinski definition) is 8. The van der Waals surface area contributed by atoms with Crippen molar-refractivity contribution in [3.63, 3.8) is 0 Å². The van der Waals surface area contributed by atoms with Crippen molar-refractivity contribution in [1.82, 2.24) is 38.2 Å². The van der Waals surface area contributed by atoms with Crippen LogP contribution in [0.25, 0.3) is 32.0 Å². The molecule has 0 unspecified atom stereocenters. The normalized spacial score (nSPS) is 13.3. The van der Waals surface area contributed by atoms with E-state index >= 15 is 0 Å². The summed E-state index contributed by atoms with van der Waals surface area (Å²) in [6, 6.07) is 14.4. The van der Waals surface area contributed by atoms with Crippen molar-refractivity contribution < 1.29 is 9.59 Å². The first kappa shape index (κ1) is 32.6. The van der Waals surface area contributed by atoms with Gasteiger partial charge in [0, 0.05) is 27.2 Å². The van der Waals surface area contributed by atoms with Crippen LogP contribution in [-0.4, -0.2) is 64.1 Å². The number of aromatic nitrogens is 8. The van der Waals surface area contributed by atoms with Gasteiger partial charge in [0.05, 0.1) is 13.1 Å². The van der Waals surface area contributed by atoms with Crippen molar-refractivity contribution in [2.75, 3.05) is 23.9 Å². The maximum absolute atomic E-state index is 12.9. The van der Waals surface area contributed by atoms with E-state index in [9.17, 15) is 19.2 Å². The smallest absolute Gasteiger partial charge is 0.283 e. The molecule has 4 aromatic heterocycles. The summed E-state index contributed by atoms with van der Waals surface area (Å²) < 4.78 is 6.95. The molecule has 0 N–H and O–H groups in total. The highest BCUT2D eigenvalue weighted by molar-refractivity contribution is 9.10. The zero-order valence-corrected chi connectivity index (χ0v) is 29.4. The van der Waals surface area contributed by atoms with Gasteiger partial charge in [0.1, 0.15) is 13.1 Å². The molecule has 0 fully saturated rings. The summed E-state index contributed by atoms with van der Waals surface area (Å²) in [6.07, 6.45) is 0. The van der Waals surface area contributed by atoms with E-state index in [0.29, 0.717) is 57.0 Å². The van der Waals surface area contributed by atoms with Crippen LogP contribution in [0.5, 0.6) is 0 Å². The molecule has 18 heteroatoms. The molecule has 0 aliphatic carbocycles. The quantitative estimate of drug-likeness (QED) is 0.193. The Morgan fingerprint density at radius 1 is 0.680 bits per heavy atom. The largest absolute Gasteiger partial charge is 0.309 e. The van der Waals surface area contributed by atoms with Crippen LogP contribution in [-0.2, 0) is 35.8 Å². The third-order valence-electron chi connectivity index (χ3n) is 8.40. The average molecular weight is 798 g/mol. The highest BCUT2D eigenvalue weighted by atomic mass is 79.9. The number of para-hydroxylation sites is 2. The van der Waals surface area contributed by atoms with Gasteiger partial charge >= 0.3 is 0 Å². The molecule has 0 saturated carbocycles. The Kier molecular flexibility index (Phi) is 8.13. The number of benzene rings is 2. The number of likely N-dealkylation sites (N-methyl/N-ethyl adjacent to an activating group) is 2. The van der Waals surface area contributed by atoms with Gasteiger partial charge in [-0.2, -0.15) is 9.97 Å². The third kappa shape index (κ3) is 5.25. The zero-order valence-electron chi connectivity index (χ0n) is 26.2. The van der Waals surface area contributed by atoms with Gasteiger partial charge in [-0.15, -0.1) is 0 Å². The Hall–Kier alpha value is -5.98. The van der Waals surface area contributed by atoms with Gasteiger partial charge in [-0.3, -0.25) is 42.7 Å². The van der Waals surface area contributed by atoms with Crippen LogP contribution in [0.15, 0.2) is 67.6 Å². The van der Waals surface area contributed by atoms with Gasteiger partial charge in [-0.1, -0.05) is 48.5 Å². The lowest BCUT2D eigenvalue weighted by Crippen LogP contribution is -2.22. The van der Waals surface area contributed by atoms with E-state index in [1.165, 1.54) is 18.9 Å². The number of carbonyl (C=O) groups is 2. The van der Waals surface area contributed by atoms with Crippen molar-refractivity contribution in [3.8, 4) is 0 Å². The van der Waals surface area contributed by atoms with Crippen LogP contribution in [0.4, 0.5) is 23.3 Å². The minimum Gasteiger partial charge on any atom is -0.309 e. The predicted octanol–water partition coefficient (Wildman–Crippen LogP) is 3.86. The minimum atomic E-state index is -0.351. The lowest BCUT2D eigenvalue weighted by molar-refractivity contribution is -0.118. The number of carbonyl (C=O) groups excluding carboxylic acids is 2. The van der Waals surface area contributed by atoms with Crippen LogP contribution >= 0.6 is 31.9 Å². The Balaban J connectivity index is 0.000000157. The molecular weight excluding hydrogens is 776 g/mol. The Bertz CT molecular complexity index is 2640. The molecule has 0 radical (unpaired) electrons. The number of nitrogens with zero attached hydrogens (tertiary/aromatic N) is 12. The molecule has 0 atom stereocenters. The summed E-state index contributed by atoms with van der Waals surface area (Å²) in [6.45, 7) is 15.1. The third-order valence-corrected chi connectivity index (χ3v) is 9.61. The standard InChI is InChI=1S/2C16H11BrN6O2/c1-18-10-6-4-3-5-9(10)7-22-12-13(19-15(22)17)20-16-21(2)11(24)8-23(16)14(12)25;1-18-10-6-4-3-5-9(10)7-22-13-12(19-15(22)17)14(25)23-8-11(24)21(2)16(23)20-13/h2*3-6H,7-8H2,2H3. The van der Waals surface area contributed by atoms with E-state index in [2.05, 4.69) is 61.5 Å². The van der Waals surface area contributed by atoms with Gasteiger partial charge in [0.2, 0.25) is 23.7 Å². The number of hydrogen-bond donors (Lipinski definition) is 0. The van der Waals surface area contributed by atoms with Crippen molar-refractivity contribution in [2.45, 2.75) is 26.2 Å². The van der Waals surface area contributed by atoms with Crippen LogP contribution in [0.2, 0.25) is 0 Å². The van der Waals surface area contributed by atoms with Gasteiger partial charge < -0.3 is 4.57 Å². The highest BCUT2D eigenvalue weighted by Gasteiger charge is 2.31. The predicted molar refractivity (Wildman–Crippen MR) is 189 cm³/mol. The van der Waals surface area contributed by atoms with Gasteiger partial charge in [-0.25, -0.2) is 19.7 Å². The summed E-state index contributed by atoms with van der Waals surface area (Å²) in [4.78, 5) is 76.4. The molecule has 0 saturated heterocycles. The van der Waals surface area contributed by atoms with Crippen LogP contribution in [0.3, 0.4) is 0 Å². The number of rotatable bonds is 4. The molecule has 2 aliphatic heterocycles. The van der Waals surface area contributed by atoms with E-state index in [0.717, 1.165) is 11.1 Å². The molecule has 6 aromatic rings. The highest BCUT2D eigenvalue weighted by Crippen LogP contribution is 2.28. The monoisotopic (exact) mass is 796 g/mol. The number of anilines is 2. The summed E-state index contributed by atoms with van der Waals surface area (Å²) in [7, 11) is 3.17. The molecular formula is C32H22Br2N12O4. The van der Waals surface area contributed by atoms with Gasteiger partial charge in [0.25, 0.3) is 11.1 Å². The van der Waals surface area contributed by atoms with Crippen molar-refractivity contribution in [3.05, 3.63) is 113 Å². The van der Waals surface area contributed by atoms with Crippen LogP contribution < -0.4 is 20.9 Å². The van der Waals surface area contributed by atoms with Crippen LogP contribution in [0.1, 0.15) is 11.1 Å². The van der Waals surface area contributed by atoms with Gasteiger partial charge in [0.15, 0.2) is 43.2 Å². The molecule has 248 valence electrons. The minimum absolute atomic E-state index is 0.0291. The molecule has 2 aromatic carbocycles. The number of fused-ring (bicyclic) bond motifs is 4. The van der Waals surface area contributed by atoms with Crippen molar-refractivity contribution in [1.29, 1.82) is 0 Å². The maximum Gasteiger partial charge on any atom is 0.283 e. The lowest BCUT2D eigenvalue weighted by Gasteiger charge is -2.10. The molecule has 0 bridgehead atoms. The number of imidazole rings is 2. The summed E-state index contributed by atoms with van der Waals surface area (Å²) in [5.74, 6) is 0.207. The first-order chi connectivity index (χ1) is 24.0. The summed E-state index contributed by atoms with van der Waals surface area (Å²) in [5.41, 5.74) is 3.08.